The van der Waals surface area contributed by atoms with E-state index in [0.717, 1.165) is 17.0 Å². The summed E-state index contributed by atoms with van der Waals surface area (Å²) in [4.78, 5) is 31.7. The number of hydrogen-bond donors (Lipinski definition) is 0. The summed E-state index contributed by atoms with van der Waals surface area (Å²) < 4.78 is 39.3. The number of ketones is 1. The molecule has 0 bridgehead atoms. The van der Waals surface area contributed by atoms with Gasteiger partial charge in [-0.05, 0) is 30.5 Å². The molecule has 1 aromatic carbocycles. The topological polar surface area (TPSA) is 77.4 Å². The molecule has 0 spiro atoms. The van der Waals surface area contributed by atoms with Crippen LogP contribution >= 0.6 is 11.3 Å². The van der Waals surface area contributed by atoms with Crippen molar-refractivity contribution in [3.8, 4) is 5.75 Å². The van der Waals surface area contributed by atoms with Crippen molar-refractivity contribution in [2.75, 3.05) is 32.9 Å². The Bertz CT molecular complexity index is 958. The molecule has 0 saturated carbocycles. The number of benzene rings is 1. The maximum atomic E-state index is 14.2. The summed E-state index contributed by atoms with van der Waals surface area (Å²) in [5.74, 6) is -3.14. The highest BCUT2D eigenvalue weighted by Crippen LogP contribution is 2.24. The first-order valence-electron chi connectivity index (χ1n) is 10.1. The molecule has 172 valence electrons. The number of ether oxygens (including phenoxy) is 2. The zero-order chi connectivity index (χ0) is 23.1. The third-order valence-electron chi connectivity index (χ3n) is 4.81. The third kappa shape index (κ3) is 6.10. The van der Waals surface area contributed by atoms with Crippen LogP contribution in [0.15, 0.2) is 34.8 Å². The molecule has 1 atom stereocenters. The second kappa shape index (κ2) is 11.1. The van der Waals surface area contributed by atoms with Gasteiger partial charge in [0.2, 0.25) is 0 Å². The summed E-state index contributed by atoms with van der Waals surface area (Å²) in [6, 6.07) is 5.72. The van der Waals surface area contributed by atoms with Gasteiger partial charge in [-0.15, -0.1) is 11.3 Å². The van der Waals surface area contributed by atoms with Crippen LogP contribution in [0.4, 0.5) is 8.78 Å². The molecule has 10 heteroatoms. The van der Waals surface area contributed by atoms with Crippen molar-refractivity contribution < 1.29 is 32.7 Å². The summed E-state index contributed by atoms with van der Waals surface area (Å²) in [6.45, 7) is 3.82. The van der Waals surface area contributed by atoms with E-state index in [4.69, 9.17) is 14.3 Å². The Morgan fingerprint density at radius 3 is 2.72 bits per heavy atom. The highest BCUT2D eigenvalue weighted by molar-refractivity contribution is 7.12. The van der Waals surface area contributed by atoms with Crippen LogP contribution in [0.25, 0.3) is 0 Å². The molecule has 1 amide bonds. The quantitative estimate of drug-likeness (QED) is 0.320. The fourth-order valence-corrected chi connectivity index (χ4v) is 3.76. The number of rotatable bonds is 9. The smallest absolute Gasteiger partial charge is 0.263 e. The van der Waals surface area contributed by atoms with Crippen molar-refractivity contribution in [1.29, 1.82) is 0 Å². The monoisotopic (exact) mass is 466 g/mol. The molecule has 3 rings (SSSR count). The second-order valence-corrected chi connectivity index (χ2v) is 8.06. The predicted octanol–water partition coefficient (Wildman–Crippen LogP) is 3.67. The lowest BCUT2D eigenvalue weighted by Gasteiger charge is -2.32. The number of carbonyl (C=O) groups excluding carboxylic acids is 2. The Balaban J connectivity index is 1.51. The molecule has 2 aromatic rings. The van der Waals surface area contributed by atoms with Gasteiger partial charge in [0.1, 0.15) is 12.7 Å². The number of halogens is 2. The van der Waals surface area contributed by atoms with Gasteiger partial charge in [0, 0.05) is 18.5 Å². The molecule has 0 radical (unpaired) electrons. The van der Waals surface area contributed by atoms with Crippen molar-refractivity contribution in [2.24, 2.45) is 5.16 Å². The number of oxime groups is 1. The number of thiophene rings is 1. The minimum atomic E-state index is -0.960. The van der Waals surface area contributed by atoms with Crippen LogP contribution in [0.3, 0.4) is 0 Å². The summed E-state index contributed by atoms with van der Waals surface area (Å²) in [7, 11) is 0. The first-order valence-corrected chi connectivity index (χ1v) is 11.0. The molecule has 7 nitrogen and oxygen atoms in total. The molecule has 0 aliphatic carbocycles. The molecular weight excluding hydrogens is 442 g/mol. The Morgan fingerprint density at radius 1 is 1.31 bits per heavy atom. The molecule has 1 aliphatic heterocycles. The van der Waals surface area contributed by atoms with Gasteiger partial charge in [-0.3, -0.25) is 9.59 Å². The molecular formula is C22H24F2N2O5S. The number of amides is 1. The number of hydrogen-bond acceptors (Lipinski definition) is 7. The van der Waals surface area contributed by atoms with E-state index in [1.807, 2.05) is 17.5 Å². The van der Waals surface area contributed by atoms with Gasteiger partial charge in [-0.25, -0.2) is 8.78 Å². The van der Waals surface area contributed by atoms with Crippen molar-refractivity contribution in [3.63, 3.8) is 0 Å². The largest absolute Gasteiger partial charge is 0.485 e. The molecule has 2 heterocycles. The number of morpholine rings is 1. The zero-order valence-electron chi connectivity index (χ0n) is 17.8. The molecule has 1 unspecified atom stereocenters. The minimum absolute atomic E-state index is 0.0440. The fraction of sp³-hybridized carbons (Fsp3) is 0.409. The lowest BCUT2D eigenvalue weighted by Crippen LogP contribution is -2.48. The van der Waals surface area contributed by atoms with Crippen LogP contribution in [0.1, 0.15) is 35.5 Å². The molecule has 1 aromatic heterocycles. The fourth-order valence-electron chi connectivity index (χ4n) is 3.09. The summed E-state index contributed by atoms with van der Waals surface area (Å²) in [5.41, 5.74) is 0.634. The van der Waals surface area contributed by atoms with E-state index < -0.39 is 23.5 Å². The molecule has 1 fully saturated rings. The van der Waals surface area contributed by atoms with Gasteiger partial charge in [0.15, 0.2) is 29.8 Å². The SMILES string of the molecule is CCC(=O)c1cc(F)c(OCC2CN(C(=O)CON=C(C)c3cccs3)CCO2)c(F)c1. The normalized spacial score (nSPS) is 16.7. The third-order valence-corrected chi connectivity index (χ3v) is 5.79. The molecule has 1 saturated heterocycles. The van der Waals surface area contributed by atoms with E-state index in [9.17, 15) is 18.4 Å². The van der Waals surface area contributed by atoms with Crippen LogP contribution in [-0.2, 0) is 14.4 Å². The van der Waals surface area contributed by atoms with Gasteiger partial charge < -0.3 is 19.2 Å². The Labute approximate surface area is 188 Å². The van der Waals surface area contributed by atoms with Crippen LogP contribution in [0, 0.1) is 11.6 Å². The summed E-state index contributed by atoms with van der Waals surface area (Å²) >= 11 is 1.52. The number of carbonyl (C=O) groups is 2. The minimum Gasteiger partial charge on any atom is -0.485 e. The van der Waals surface area contributed by atoms with Crippen molar-refractivity contribution in [2.45, 2.75) is 26.4 Å². The molecule has 0 N–H and O–H groups in total. The van der Waals surface area contributed by atoms with Crippen molar-refractivity contribution in [3.05, 3.63) is 51.7 Å². The van der Waals surface area contributed by atoms with Crippen LogP contribution in [-0.4, -0.2) is 61.3 Å². The van der Waals surface area contributed by atoms with Crippen LogP contribution in [0.2, 0.25) is 0 Å². The summed E-state index contributed by atoms with van der Waals surface area (Å²) in [6.07, 6.45) is -0.429. The number of nitrogens with zero attached hydrogens (tertiary/aromatic N) is 2. The Hall–Kier alpha value is -2.85. The molecule has 1 aliphatic rings. The van der Waals surface area contributed by atoms with Gasteiger partial charge in [-0.1, -0.05) is 18.1 Å². The molecule has 32 heavy (non-hydrogen) atoms. The lowest BCUT2D eigenvalue weighted by atomic mass is 10.1. The lowest BCUT2D eigenvalue weighted by molar-refractivity contribution is -0.144. The van der Waals surface area contributed by atoms with Gasteiger partial charge in [-0.2, -0.15) is 0 Å². The van der Waals surface area contributed by atoms with Gasteiger partial charge in [0.25, 0.3) is 5.91 Å². The van der Waals surface area contributed by atoms with Crippen molar-refractivity contribution >= 4 is 28.7 Å². The highest BCUT2D eigenvalue weighted by Gasteiger charge is 2.26. The first kappa shape index (κ1) is 23.8. The maximum Gasteiger partial charge on any atom is 0.263 e. The highest BCUT2D eigenvalue weighted by atomic mass is 32.1. The first-order chi connectivity index (χ1) is 15.4. The average Bonchev–Trinajstić information content (AvgIpc) is 3.33. The van der Waals surface area contributed by atoms with E-state index in [1.165, 1.54) is 16.2 Å². The average molecular weight is 467 g/mol. The standard InChI is InChI=1S/C22H24F2N2O5S/c1-3-19(27)15-9-17(23)22(18(24)10-15)30-12-16-11-26(6-7-29-16)21(28)13-31-25-14(2)20-5-4-8-32-20/h4-5,8-10,16H,3,6-7,11-13H2,1-2H3. The maximum absolute atomic E-state index is 14.2. The van der Waals surface area contributed by atoms with Crippen molar-refractivity contribution in [1.82, 2.24) is 4.90 Å². The van der Waals surface area contributed by atoms with E-state index in [0.29, 0.717) is 12.3 Å². The van der Waals surface area contributed by atoms with E-state index in [-0.39, 0.29) is 50.0 Å². The van der Waals surface area contributed by atoms with Gasteiger partial charge in [0.05, 0.1) is 23.7 Å². The Kier molecular flexibility index (Phi) is 8.29. The second-order valence-electron chi connectivity index (χ2n) is 7.12. The van der Waals surface area contributed by atoms with Gasteiger partial charge >= 0.3 is 0 Å². The van der Waals surface area contributed by atoms with E-state index in [1.54, 1.807) is 13.8 Å². The Morgan fingerprint density at radius 2 is 2.06 bits per heavy atom. The number of Topliss-reactive ketones (excluding diaryl/α,β-unsaturated/α-hetero) is 1. The van der Waals surface area contributed by atoms with E-state index in [2.05, 4.69) is 5.16 Å². The zero-order valence-corrected chi connectivity index (χ0v) is 18.6. The predicted molar refractivity (Wildman–Crippen MR) is 115 cm³/mol. The van der Waals surface area contributed by atoms with Crippen LogP contribution < -0.4 is 4.74 Å². The summed E-state index contributed by atoms with van der Waals surface area (Å²) in [5, 5.41) is 5.88. The van der Waals surface area contributed by atoms with Crippen LogP contribution in [0.5, 0.6) is 5.75 Å². The van der Waals surface area contributed by atoms with E-state index >= 15 is 0 Å².